The number of aromatic nitrogens is 1. The zero-order chi connectivity index (χ0) is 11.4. The van der Waals surface area contributed by atoms with Gasteiger partial charge in [0, 0.05) is 32.4 Å². The third kappa shape index (κ3) is 2.14. The van der Waals surface area contributed by atoms with Gasteiger partial charge >= 0.3 is 5.97 Å². The summed E-state index contributed by atoms with van der Waals surface area (Å²) < 4.78 is 4.72. The summed E-state index contributed by atoms with van der Waals surface area (Å²) in [7, 11) is 1.37. The molecule has 2 heterocycles. The summed E-state index contributed by atoms with van der Waals surface area (Å²) in [6.07, 6.45) is 1.61. The van der Waals surface area contributed by atoms with E-state index in [0.29, 0.717) is 5.69 Å². The molecule has 1 aliphatic rings. The number of nitrogens with one attached hydrogen (secondary N) is 1. The number of hydrogen-bond acceptors (Lipinski definition) is 5. The van der Waals surface area contributed by atoms with Crippen LogP contribution in [0.3, 0.4) is 0 Å². The van der Waals surface area contributed by atoms with Gasteiger partial charge in [-0.3, -0.25) is 0 Å². The predicted molar refractivity (Wildman–Crippen MR) is 60.7 cm³/mol. The molecule has 1 N–H and O–H groups in total. The average molecular weight is 221 g/mol. The highest BCUT2D eigenvalue weighted by molar-refractivity contribution is 5.93. The van der Waals surface area contributed by atoms with Gasteiger partial charge in [0.25, 0.3) is 0 Å². The van der Waals surface area contributed by atoms with Gasteiger partial charge in [-0.25, -0.2) is 9.78 Å². The summed E-state index contributed by atoms with van der Waals surface area (Å²) in [6.45, 7) is 3.62. The summed E-state index contributed by atoms with van der Waals surface area (Å²) in [6, 6.07) is 3.74. The SMILES string of the molecule is COC(=O)c1ncccc1N1CCNCC1. The number of pyridine rings is 1. The Morgan fingerprint density at radius 1 is 1.50 bits per heavy atom. The van der Waals surface area contributed by atoms with Crippen LogP contribution in [0.5, 0.6) is 0 Å². The molecule has 1 saturated heterocycles. The molecule has 0 spiro atoms. The van der Waals surface area contributed by atoms with E-state index in [1.807, 2.05) is 12.1 Å². The average Bonchev–Trinajstić information content (AvgIpc) is 2.39. The molecular formula is C11H15N3O2. The fourth-order valence-corrected chi connectivity index (χ4v) is 1.81. The minimum absolute atomic E-state index is 0.380. The Kier molecular flexibility index (Phi) is 3.36. The van der Waals surface area contributed by atoms with Crippen LogP contribution in [0.15, 0.2) is 18.3 Å². The first-order chi connectivity index (χ1) is 7.83. The van der Waals surface area contributed by atoms with Gasteiger partial charge in [0.05, 0.1) is 12.8 Å². The first-order valence-electron chi connectivity index (χ1n) is 5.32. The second kappa shape index (κ2) is 4.94. The van der Waals surface area contributed by atoms with Crippen molar-refractivity contribution in [2.45, 2.75) is 0 Å². The molecule has 0 saturated carbocycles. The second-order valence-electron chi connectivity index (χ2n) is 3.60. The van der Waals surface area contributed by atoms with E-state index in [1.165, 1.54) is 7.11 Å². The normalized spacial score (nSPS) is 15.9. The van der Waals surface area contributed by atoms with Crippen molar-refractivity contribution in [3.8, 4) is 0 Å². The summed E-state index contributed by atoms with van der Waals surface area (Å²) in [5.74, 6) is -0.380. The maximum absolute atomic E-state index is 11.5. The first-order valence-corrected chi connectivity index (χ1v) is 5.32. The quantitative estimate of drug-likeness (QED) is 0.727. The van der Waals surface area contributed by atoms with Crippen LogP contribution in [0.1, 0.15) is 10.5 Å². The van der Waals surface area contributed by atoms with E-state index in [1.54, 1.807) is 6.20 Å². The smallest absolute Gasteiger partial charge is 0.358 e. The number of methoxy groups -OCH3 is 1. The minimum atomic E-state index is -0.380. The Balaban J connectivity index is 2.28. The highest BCUT2D eigenvalue weighted by Gasteiger charge is 2.19. The van der Waals surface area contributed by atoms with Crippen LogP contribution in [0, 0.1) is 0 Å². The predicted octanol–water partition coefficient (Wildman–Crippen LogP) is 0.278. The van der Waals surface area contributed by atoms with Crippen LogP contribution in [0.25, 0.3) is 0 Å². The molecule has 0 unspecified atom stereocenters. The van der Waals surface area contributed by atoms with Crippen molar-refractivity contribution in [2.24, 2.45) is 0 Å². The Labute approximate surface area is 94.4 Å². The van der Waals surface area contributed by atoms with Gasteiger partial charge in [0.2, 0.25) is 0 Å². The number of ether oxygens (including phenoxy) is 1. The van der Waals surface area contributed by atoms with E-state index in [0.717, 1.165) is 31.9 Å². The molecule has 0 aromatic carbocycles. The highest BCUT2D eigenvalue weighted by Crippen LogP contribution is 2.19. The monoisotopic (exact) mass is 221 g/mol. The molecule has 1 aromatic rings. The van der Waals surface area contributed by atoms with Crippen molar-refractivity contribution in [2.75, 3.05) is 38.2 Å². The van der Waals surface area contributed by atoms with Gasteiger partial charge < -0.3 is 15.0 Å². The number of nitrogens with zero attached hydrogens (tertiary/aromatic N) is 2. The summed E-state index contributed by atoms with van der Waals surface area (Å²) in [5, 5.41) is 3.27. The maximum atomic E-state index is 11.5. The van der Waals surface area contributed by atoms with E-state index in [4.69, 9.17) is 4.74 Å². The van der Waals surface area contributed by atoms with Gasteiger partial charge in [0.1, 0.15) is 0 Å². The van der Waals surface area contributed by atoms with Crippen LogP contribution >= 0.6 is 0 Å². The van der Waals surface area contributed by atoms with Crippen molar-refractivity contribution in [3.05, 3.63) is 24.0 Å². The Hall–Kier alpha value is -1.62. The van der Waals surface area contributed by atoms with Gasteiger partial charge in [-0.2, -0.15) is 0 Å². The van der Waals surface area contributed by atoms with Crippen molar-refractivity contribution in [1.29, 1.82) is 0 Å². The van der Waals surface area contributed by atoms with Crippen molar-refractivity contribution in [3.63, 3.8) is 0 Å². The first kappa shape index (κ1) is 10.9. The number of esters is 1. The Morgan fingerprint density at radius 2 is 2.25 bits per heavy atom. The molecule has 5 heteroatoms. The van der Waals surface area contributed by atoms with E-state index < -0.39 is 0 Å². The van der Waals surface area contributed by atoms with Gasteiger partial charge in [-0.1, -0.05) is 0 Å². The lowest BCUT2D eigenvalue weighted by atomic mass is 10.2. The lowest BCUT2D eigenvalue weighted by molar-refractivity contribution is 0.0594. The molecule has 0 amide bonds. The van der Waals surface area contributed by atoms with E-state index >= 15 is 0 Å². The van der Waals surface area contributed by atoms with Crippen molar-refractivity contribution in [1.82, 2.24) is 10.3 Å². The van der Waals surface area contributed by atoms with Gasteiger partial charge in [-0.05, 0) is 12.1 Å². The van der Waals surface area contributed by atoms with E-state index in [-0.39, 0.29) is 5.97 Å². The fraction of sp³-hybridized carbons (Fsp3) is 0.455. The Morgan fingerprint density at radius 3 is 2.94 bits per heavy atom. The topological polar surface area (TPSA) is 54.5 Å². The number of piperazine rings is 1. The Bertz CT molecular complexity index is 375. The third-order valence-corrected chi connectivity index (χ3v) is 2.62. The molecule has 86 valence electrons. The van der Waals surface area contributed by atoms with Gasteiger partial charge in [-0.15, -0.1) is 0 Å². The number of carbonyl (C=O) groups excluding carboxylic acids is 1. The lowest BCUT2D eigenvalue weighted by Gasteiger charge is -2.30. The van der Waals surface area contributed by atoms with E-state index in [9.17, 15) is 4.79 Å². The van der Waals surface area contributed by atoms with Crippen LogP contribution in [-0.4, -0.2) is 44.2 Å². The molecule has 1 aliphatic heterocycles. The summed E-state index contributed by atoms with van der Waals surface area (Å²) >= 11 is 0. The van der Waals surface area contributed by atoms with Gasteiger partial charge in [0.15, 0.2) is 5.69 Å². The number of carbonyl (C=O) groups is 1. The number of hydrogen-bond donors (Lipinski definition) is 1. The molecular weight excluding hydrogens is 206 g/mol. The number of anilines is 1. The standard InChI is InChI=1S/C11H15N3O2/c1-16-11(15)10-9(3-2-4-13-10)14-7-5-12-6-8-14/h2-4,12H,5-8H2,1H3. The summed E-state index contributed by atoms with van der Waals surface area (Å²) in [4.78, 5) is 17.8. The molecule has 5 nitrogen and oxygen atoms in total. The summed E-state index contributed by atoms with van der Waals surface area (Å²) in [5.41, 5.74) is 1.25. The molecule has 1 aromatic heterocycles. The van der Waals surface area contributed by atoms with Crippen LogP contribution in [0.4, 0.5) is 5.69 Å². The lowest BCUT2D eigenvalue weighted by Crippen LogP contribution is -2.44. The zero-order valence-corrected chi connectivity index (χ0v) is 9.27. The molecule has 0 bridgehead atoms. The number of rotatable bonds is 2. The van der Waals surface area contributed by atoms with Crippen LogP contribution in [-0.2, 0) is 4.74 Å². The molecule has 0 aliphatic carbocycles. The fourth-order valence-electron chi connectivity index (χ4n) is 1.81. The minimum Gasteiger partial charge on any atom is -0.464 e. The van der Waals surface area contributed by atoms with Crippen molar-refractivity contribution < 1.29 is 9.53 Å². The molecule has 1 fully saturated rings. The largest absolute Gasteiger partial charge is 0.464 e. The highest BCUT2D eigenvalue weighted by atomic mass is 16.5. The molecule has 0 atom stereocenters. The second-order valence-corrected chi connectivity index (χ2v) is 3.60. The zero-order valence-electron chi connectivity index (χ0n) is 9.27. The van der Waals surface area contributed by atoms with Crippen molar-refractivity contribution >= 4 is 11.7 Å². The third-order valence-electron chi connectivity index (χ3n) is 2.62. The molecule has 2 rings (SSSR count). The van der Waals surface area contributed by atoms with Crippen LogP contribution in [0.2, 0.25) is 0 Å². The molecule has 0 radical (unpaired) electrons. The maximum Gasteiger partial charge on any atom is 0.358 e. The van der Waals surface area contributed by atoms with Crippen LogP contribution < -0.4 is 10.2 Å². The van der Waals surface area contributed by atoms with E-state index in [2.05, 4.69) is 15.2 Å². The molecule has 16 heavy (non-hydrogen) atoms.